The standard InChI is InChI=1S/2C13H13.C2H7Si.Zr/c2*1-3-7-12-10(5-1)9-11-6-2-4-8-13(11)12;1-3-2;/h2*1,3,5-7H,2,4,8-9H2;3H,1-2H3;. The number of benzene rings is 2. The molecule has 0 saturated carbocycles. The van der Waals surface area contributed by atoms with Gasteiger partial charge in [-0.05, 0) is 0 Å². The van der Waals surface area contributed by atoms with E-state index in [1.165, 1.54) is 51.4 Å². The zero-order chi connectivity index (χ0) is 20.2. The van der Waals surface area contributed by atoms with Crippen LogP contribution in [0.25, 0.3) is 11.1 Å². The molecule has 0 aromatic heterocycles. The van der Waals surface area contributed by atoms with Crippen molar-refractivity contribution in [2.75, 3.05) is 0 Å². The Hall–Kier alpha value is -0.980. The number of hydrogen-bond donors (Lipinski definition) is 0. The molecule has 0 fully saturated rings. The van der Waals surface area contributed by atoms with Gasteiger partial charge in [0.1, 0.15) is 0 Å². The topological polar surface area (TPSA) is 0 Å². The second-order valence-electron chi connectivity index (χ2n) is 10.2. The fourth-order valence-electron chi connectivity index (χ4n) is 7.26. The van der Waals surface area contributed by atoms with Crippen LogP contribution in [-0.4, -0.2) is 5.92 Å². The van der Waals surface area contributed by atoms with E-state index in [0.29, 0.717) is 0 Å². The minimum absolute atomic E-state index is 0.602. The van der Waals surface area contributed by atoms with Crippen molar-refractivity contribution in [3.8, 4) is 0 Å². The summed E-state index contributed by atoms with van der Waals surface area (Å²) in [5.41, 5.74) is 14.0. The molecule has 0 bridgehead atoms. The molecule has 0 radical (unpaired) electrons. The number of hydrogen-bond acceptors (Lipinski definition) is 0. The van der Waals surface area contributed by atoms with Crippen LogP contribution in [0.5, 0.6) is 0 Å². The third-order valence-corrected chi connectivity index (χ3v) is 31.4. The van der Waals surface area contributed by atoms with Crippen molar-refractivity contribution in [2.45, 2.75) is 71.7 Å². The van der Waals surface area contributed by atoms with Gasteiger partial charge in [-0.25, -0.2) is 0 Å². The van der Waals surface area contributed by atoms with Crippen molar-refractivity contribution in [1.82, 2.24) is 0 Å². The Bertz CT molecular complexity index is 978. The maximum absolute atomic E-state index is 2.74. The molecular formula is C28H33SiZr. The molecule has 4 aliphatic rings. The molecule has 0 saturated heterocycles. The van der Waals surface area contributed by atoms with Crippen LogP contribution in [0.3, 0.4) is 0 Å². The first-order chi connectivity index (χ1) is 14.7. The normalized spacial score (nSPS) is 24.6. The molecule has 0 N–H and O–H groups in total. The average molecular weight is 489 g/mol. The van der Waals surface area contributed by atoms with Gasteiger partial charge >= 0.3 is 192 Å². The summed E-state index contributed by atoms with van der Waals surface area (Å²) in [7, 11) is 0. The zero-order valence-corrected chi connectivity index (χ0v) is 22.1. The Balaban J connectivity index is 1.40. The van der Waals surface area contributed by atoms with Crippen molar-refractivity contribution in [1.29, 1.82) is 0 Å². The van der Waals surface area contributed by atoms with E-state index in [-0.39, 0.29) is 0 Å². The molecule has 6 rings (SSSR count). The summed E-state index contributed by atoms with van der Waals surface area (Å²) in [6.45, 7) is 5.48. The van der Waals surface area contributed by atoms with Gasteiger partial charge in [-0.2, -0.15) is 0 Å². The van der Waals surface area contributed by atoms with Crippen LogP contribution in [0.1, 0.15) is 60.8 Å². The first kappa shape index (κ1) is 19.7. The molecule has 0 aliphatic heterocycles. The molecule has 0 amide bonds. The van der Waals surface area contributed by atoms with Crippen molar-refractivity contribution in [2.24, 2.45) is 0 Å². The van der Waals surface area contributed by atoms with Crippen LogP contribution in [0.4, 0.5) is 0 Å². The summed E-state index contributed by atoms with van der Waals surface area (Å²) in [5, 5.41) is 0. The Labute approximate surface area is 190 Å². The van der Waals surface area contributed by atoms with E-state index >= 15 is 0 Å². The van der Waals surface area contributed by atoms with Crippen LogP contribution in [-0.2, 0) is 33.8 Å². The third kappa shape index (κ3) is 3.08. The van der Waals surface area contributed by atoms with Gasteiger partial charge < -0.3 is 0 Å². The zero-order valence-electron chi connectivity index (χ0n) is 18.5. The van der Waals surface area contributed by atoms with Gasteiger partial charge in [0.15, 0.2) is 0 Å². The molecule has 2 unspecified atom stereocenters. The first-order valence-corrected chi connectivity index (χ1v) is 22.2. The third-order valence-electron chi connectivity index (χ3n) is 8.37. The molecule has 30 heavy (non-hydrogen) atoms. The Morgan fingerprint density at radius 1 is 0.700 bits per heavy atom. The molecule has 2 heteroatoms. The monoisotopic (exact) mass is 487 g/mol. The van der Waals surface area contributed by atoms with E-state index in [9.17, 15) is 0 Å². The van der Waals surface area contributed by atoms with E-state index in [2.05, 4.69) is 61.6 Å². The van der Waals surface area contributed by atoms with Crippen molar-refractivity contribution in [3.63, 3.8) is 0 Å². The van der Waals surface area contributed by atoms with E-state index in [1.807, 2.05) is 11.1 Å². The molecule has 2 atom stereocenters. The van der Waals surface area contributed by atoms with Gasteiger partial charge in [0.05, 0.1) is 0 Å². The minimum atomic E-state index is -1.60. The fourth-order valence-corrected chi connectivity index (χ4v) is 32.3. The fraction of sp³-hybridized carbons (Fsp3) is 0.429. The number of rotatable bonds is 3. The number of fused-ring (bicyclic) bond motifs is 4. The molecule has 2 aromatic carbocycles. The summed E-state index contributed by atoms with van der Waals surface area (Å²) in [4.78, 5) is 0. The van der Waals surface area contributed by atoms with Gasteiger partial charge in [-0.15, -0.1) is 0 Å². The molecule has 2 aromatic rings. The predicted octanol–water partition coefficient (Wildman–Crippen LogP) is 7.55. The molecule has 0 heterocycles. The van der Waals surface area contributed by atoms with E-state index < -0.39 is 26.8 Å². The van der Waals surface area contributed by atoms with Crippen molar-refractivity contribution < 1.29 is 20.9 Å². The van der Waals surface area contributed by atoms with Crippen LogP contribution < -0.4 is 0 Å². The van der Waals surface area contributed by atoms with E-state index in [4.69, 9.17) is 0 Å². The van der Waals surface area contributed by atoms with Gasteiger partial charge in [-0.1, -0.05) is 0 Å². The Kier molecular flexibility index (Phi) is 5.16. The SMILES string of the molecule is C[SiH](C)[Zr]([CH]1CCCC2=C1Cc1ccccc12)[CH]1CCCC2=C1Cc1ccccc12. The number of allylic oxidation sites excluding steroid dienone is 4. The summed E-state index contributed by atoms with van der Waals surface area (Å²) >= 11 is -1.60. The predicted molar refractivity (Wildman–Crippen MR) is 128 cm³/mol. The van der Waals surface area contributed by atoms with E-state index in [0.717, 1.165) is 7.25 Å². The summed E-state index contributed by atoms with van der Waals surface area (Å²) in [6, 6.07) is 18.7. The van der Waals surface area contributed by atoms with Gasteiger partial charge in [0, 0.05) is 0 Å². The van der Waals surface area contributed by atoms with E-state index in [1.54, 1.807) is 33.4 Å². The van der Waals surface area contributed by atoms with Crippen LogP contribution in [0, 0.1) is 0 Å². The second-order valence-corrected chi connectivity index (χ2v) is 30.9. The summed E-state index contributed by atoms with van der Waals surface area (Å²) in [6.07, 6.45) is 11.2. The first-order valence-electron chi connectivity index (χ1n) is 12.2. The average Bonchev–Trinajstić information content (AvgIpc) is 3.33. The van der Waals surface area contributed by atoms with Crippen LogP contribution in [0.15, 0.2) is 59.7 Å². The van der Waals surface area contributed by atoms with Gasteiger partial charge in [0.2, 0.25) is 0 Å². The molecule has 0 nitrogen and oxygen atoms in total. The quantitative estimate of drug-likeness (QED) is 0.391. The summed E-state index contributed by atoms with van der Waals surface area (Å²) in [5.74, 6) is -0.602. The molecule has 0 spiro atoms. The van der Waals surface area contributed by atoms with Crippen LogP contribution >= 0.6 is 0 Å². The molecule has 153 valence electrons. The Morgan fingerprint density at radius 3 is 1.63 bits per heavy atom. The van der Waals surface area contributed by atoms with Gasteiger partial charge in [0.25, 0.3) is 0 Å². The second kappa shape index (κ2) is 7.86. The van der Waals surface area contributed by atoms with Crippen molar-refractivity contribution in [3.05, 3.63) is 81.9 Å². The van der Waals surface area contributed by atoms with Gasteiger partial charge in [-0.3, -0.25) is 0 Å². The van der Waals surface area contributed by atoms with Crippen molar-refractivity contribution >= 4 is 17.1 Å². The maximum atomic E-state index is 2.74. The molecule has 4 aliphatic carbocycles. The summed E-state index contributed by atoms with van der Waals surface area (Å²) < 4.78 is 2.08. The van der Waals surface area contributed by atoms with Crippen LogP contribution in [0.2, 0.25) is 20.3 Å². The molecular weight excluding hydrogens is 456 g/mol. The Morgan fingerprint density at radius 2 is 1.17 bits per heavy atom.